The van der Waals surface area contributed by atoms with Crippen molar-refractivity contribution >= 4 is 17.5 Å². The van der Waals surface area contributed by atoms with Crippen LogP contribution >= 0.6 is 0 Å². The van der Waals surface area contributed by atoms with E-state index >= 15 is 0 Å². The highest BCUT2D eigenvalue weighted by atomic mass is 16.4. The van der Waals surface area contributed by atoms with E-state index in [0.717, 1.165) is 37.4 Å². The van der Waals surface area contributed by atoms with E-state index in [-0.39, 0.29) is 17.7 Å². The van der Waals surface area contributed by atoms with Crippen LogP contribution in [0.3, 0.4) is 0 Å². The smallest absolute Gasteiger partial charge is 0.309 e. The van der Waals surface area contributed by atoms with Gasteiger partial charge in [0.1, 0.15) is 11.5 Å². The summed E-state index contributed by atoms with van der Waals surface area (Å²) in [4.78, 5) is 35.7. The summed E-state index contributed by atoms with van der Waals surface area (Å²) in [5, 5.41) is 0. The fourth-order valence-corrected chi connectivity index (χ4v) is 4.06. The summed E-state index contributed by atoms with van der Waals surface area (Å²) in [6.45, 7) is 4.60. The number of rotatable bonds is 3. The van der Waals surface area contributed by atoms with Crippen molar-refractivity contribution in [1.82, 2.24) is 14.8 Å². The third-order valence-electron chi connectivity index (χ3n) is 5.77. The predicted molar refractivity (Wildman–Crippen MR) is 110 cm³/mol. The second kappa shape index (κ2) is 7.89. The first kappa shape index (κ1) is 19.5. The molecule has 7 nitrogen and oxygen atoms in total. The molecule has 2 amide bonds. The minimum atomic E-state index is -0.136. The molecule has 0 N–H and O–H groups in total. The van der Waals surface area contributed by atoms with Gasteiger partial charge in [0.2, 0.25) is 0 Å². The van der Waals surface area contributed by atoms with Crippen molar-refractivity contribution in [2.24, 2.45) is 5.92 Å². The van der Waals surface area contributed by atoms with E-state index in [1.165, 1.54) is 0 Å². The van der Waals surface area contributed by atoms with Gasteiger partial charge in [-0.1, -0.05) is 6.92 Å². The second-order valence-electron chi connectivity index (χ2n) is 8.31. The largest absolute Gasteiger partial charge is 0.437 e. The molecule has 1 fully saturated rings. The zero-order chi connectivity index (χ0) is 20.5. The molecule has 2 aliphatic heterocycles. The number of amides is 2. The van der Waals surface area contributed by atoms with Crippen LogP contribution in [0.25, 0.3) is 0 Å². The lowest BCUT2D eigenvalue weighted by Crippen LogP contribution is -2.39. The number of hydrogen-bond donors (Lipinski definition) is 0. The van der Waals surface area contributed by atoms with Crippen LogP contribution in [0.5, 0.6) is 0 Å². The number of oxazole rings is 1. The van der Waals surface area contributed by atoms with Crippen LogP contribution in [0.4, 0.5) is 5.69 Å². The molecule has 1 saturated heterocycles. The van der Waals surface area contributed by atoms with Gasteiger partial charge >= 0.3 is 5.91 Å². The zero-order valence-corrected chi connectivity index (χ0v) is 17.4. The molecule has 154 valence electrons. The summed E-state index contributed by atoms with van der Waals surface area (Å²) in [7, 11) is 3.94. The summed E-state index contributed by atoms with van der Waals surface area (Å²) < 4.78 is 5.79. The number of nitrogens with zero attached hydrogens (tertiary/aromatic N) is 4. The number of piperidine rings is 1. The molecule has 3 heterocycles. The number of benzene rings is 1. The van der Waals surface area contributed by atoms with Crippen LogP contribution in [-0.2, 0) is 13.0 Å². The van der Waals surface area contributed by atoms with Crippen LogP contribution in [0.1, 0.15) is 52.3 Å². The van der Waals surface area contributed by atoms with Crippen LogP contribution in [0.15, 0.2) is 28.7 Å². The van der Waals surface area contributed by atoms with Gasteiger partial charge in [-0.2, -0.15) is 0 Å². The summed E-state index contributed by atoms with van der Waals surface area (Å²) in [5.41, 5.74) is 2.40. The topological polar surface area (TPSA) is 69.9 Å². The Labute approximate surface area is 171 Å². The molecular weight excluding hydrogens is 368 g/mol. The van der Waals surface area contributed by atoms with Crippen molar-refractivity contribution in [2.75, 3.05) is 38.6 Å². The second-order valence-corrected chi connectivity index (χ2v) is 8.31. The minimum absolute atomic E-state index is 0.0262. The van der Waals surface area contributed by atoms with Crippen molar-refractivity contribution in [1.29, 1.82) is 0 Å². The summed E-state index contributed by atoms with van der Waals surface area (Å²) in [6.07, 6.45) is 2.74. The Morgan fingerprint density at radius 3 is 2.55 bits per heavy atom. The Bertz CT molecular complexity index is 903. The molecule has 1 aromatic carbocycles. The van der Waals surface area contributed by atoms with Crippen molar-refractivity contribution in [2.45, 2.75) is 32.7 Å². The first-order valence-electron chi connectivity index (χ1n) is 10.3. The molecule has 0 aliphatic carbocycles. The normalized spacial score (nSPS) is 19.1. The number of fused-ring (bicyclic) bond motifs is 1. The number of likely N-dealkylation sites (tertiary alicyclic amines) is 1. The average molecular weight is 396 g/mol. The molecule has 0 saturated carbocycles. The zero-order valence-electron chi connectivity index (χ0n) is 17.4. The van der Waals surface area contributed by atoms with E-state index < -0.39 is 0 Å². The number of anilines is 1. The lowest BCUT2D eigenvalue weighted by atomic mass is 10.0. The van der Waals surface area contributed by atoms with Crippen molar-refractivity contribution in [3.8, 4) is 0 Å². The number of carbonyl (C=O) groups is 2. The molecule has 2 aliphatic rings. The number of aromatic nitrogens is 1. The molecule has 29 heavy (non-hydrogen) atoms. The highest BCUT2D eigenvalue weighted by Crippen LogP contribution is 2.24. The minimum Gasteiger partial charge on any atom is -0.437 e. The molecule has 0 spiro atoms. The third-order valence-corrected chi connectivity index (χ3v) is 5.77. The monoisotopic (exact) mass is 396 g/mol. The maximum Gasteiger partial charge on any atom is 0.309 e. The Morgan fingerprint density at radius 2 is 1.86 bits per heavy atom. The fourth-order valence-electron chi connectivity index (χ4n) is 4.06. The fraction of sp³-hybridized carbons (Fsp3) is 0.500. The summed E-state index contributed by atoms with van der Waals surface area (Å²) in [5.74, 6) is 1.23. The van der Waals surface area contributed by atoms with Crippen LogP contribution in [0, 0.1) is 5.92 Å². The van der Waals surface area contributed by atoms with E-state index in [9.17, 15) is 9.59 Å². The van der Waals surface area contributed by atoms with Gasteiger partial charge in [0, 0.05) is 51.4 Å². The van der Waals surface area contributed by atoms with Gasteiger partial charge in [0.15, 0.2) is 0 Å². The van der Waals surface area contributed by atoms with Gasteiger partial charge in [-0.05, 0) is 43.0 Å². The van der Waals surface area contributed by atoms with Crippen molar-refractivity contribution in [3.63, 3.8) is 0 Å². The van der Waals surface area contributed by atoms with Gasteiger partial charge in [0.05, 0.1) is 6.54 Å². The molecule has 7 heteroatoms. The average Bonchev–Trinajstić information content (AvgIpc) is 3.16. The Morgan fingerprint density at radius 1 is 1.10 bits per heavy atom. The number of carbonyl (C=O) groups excluding carboxylic acids is 2. The van der Waals surface area contributed by atoms with Gasteiger partial charge in [-0.25, -0.2) is 4.98 Å². The predicted octanol–water partition coefficient (Wildman–Crippen LogP) is 2.81. The Hall–Kier alpha value is -2.83. The maximum absolute atomic E-state index is 12.9. The van der Waals surface area contributed by atoms with E-state index in [0.29, 0.717) is 36.7 Å². The summed E-state index contributed by atoms with van der Waals surface area (Å²) >= 11 is 0. The first-order valence-corrected chi connectivity index (χ1v) is 10.3. The molecule has 1 atom stereocenters. The molecule has 1 aromatic heterocycles. The highest BCUT2D eigenvalue weighted by molar-refractivity contribution is 5.94. The Balaban J connectivity index is 1.46. The molecule has 0 bridgehead atoms. The summed E-state index contributed by atoms with van der Waals surface area (Å²) in [6, 6.07) is 7.58. The number of hydrogen-bond acceptors (Lipinski definition) is 5. The molecule has 4 rings (SSSR count). The lowest BCUT2D eigenvalue weighted by molar-refractivity contribution is 0.0638. The third kappa shape index (κ3) is 3.99. The Kier molecular flexibility index (Phi) is 5.30. The van der Waals surface area contributed by atoms with E-state index in [2.05, 4.69) is 11.9 Å². The maximum atomic E-state index is 12.9. The van der Waals surface area contributed by atoms with Gasteiger partial charge in [-0.15, -0.1) is 0 Å². The molecular formula is C22H28N4O3. The van der Waals surface area contributed by atoms with E-state index in [4.69, 9.17) is 4.42 Å². The quantitative estimate of drug-likeness (QED) is 0.798. The first-order chi connectivity index (χ1) is 13.9. The highest BCUT2D eigenvalue weighted by Gasteiger charge is 2.30. The standard InChI is InChI=1S/C22H28N4O3/c1-15-5-4-11-25(13-15)22(28)20-23-18-14-26(12-10-19(18)29-20)21(27)16-6-8-17(9-7-16)24(2)3/h6-9,15H,4-5,10-14H2,1-3H3. The van der Waals surface area contributed by atoms with E-state index in [1.54, 1.807) is 4.90 Å². The van der Waals surface area contributed by atoms with Crippen LogP contribution in [0.2, 0.25) is 0 Å². The SMILES string of the molecule is CC1CCCN(C(=O)c2nc3c(o2)CCN(C(=O)c2ccc(N(C)C)cc2)C3)C1. The molecule has 0 radical (unpaired) electrons. The molecule has 1 unspecified atom stereocenters. The molecule has 2 aromatic rings. The van der Waals surface area contributed by atoms with Crippen molar-refractivity contribution < 1.29 is 14.0 Å². The van der Waals surface area contributed by atoms with Crippen molar-refractivity contribution in [3.05, 3.63) is 47.2 Å². The van der Waals surface area contributed by atoms with Gasteiger partial charge in [-0.3, -0.25) is 9.59 Å². The lowest BCUT2D eigenvalue weighted by Gasteiger charge is -2.29. The van der Waals surface area contributed by atoms with Crippen LogP contribution < -0.4 is 4.90 Å². The van der Waals surface area contributed by atoms with E-state index in [1.807, 2.05) is 48.2 Å². The van der Waals surface area contributed by atoms with Gasteiger partial charge in [0.25, 0.3) is 11.8 Å². The van der Waals surface area contributed by atoms with Gasteiger partial charge < -0.3 is 19.1 Å². The van der Waals surface area contributed by atoms with Crippen LogP contribution in [-0.4, -0.2) is 60.3 Å².